The maximum Gasteiger partial charge on any atom is 0.410 e. The molecule has 34 heavy (non-hydrogen) atoms. The highest BCUT2D eigenvalue weighted by atomic mass is 19.2. The number of likely N-dealkylation sites (tertiary alicyclic amines) is 2. The summed E-state index contributed by atoms with van der Waals surface area (Å²) in [5.41, 5.74) is 1.39. The van der Waals surface area contributed by atoms with Crippen LogP contribution in [0.2, 0.25) is 0 Å². The minimum Gasteiger partial charge on any atom is -0.444 e. The van der Waals surface area contributed by atoms with Gasteiger partial charge in [-0.15, -0.1) is 0 Å². The van der Waals surface area contributed by atoms with Gasteiger partial charge in [0.25, 0.3) is 0 Å². The monoisotopic (exact) mass is 472 g/mol. The first-order valence-corrected chi connectivity index (χ1v) is 11.4. The van der Waals surface area contributed by atoms with E-state index in [9.17, 15) is 18.8 Å². The zero-order valence-electron chi connectivity index (χ0n) is 19.7. The third-order valence-electron chi connectivity index (χ3n) is 6.39. The Bertz CT molecular complexity index is 1070. The number of nitrogens with zero attached hydrogens (tertiary/aromatic N) is 4. The van der Waals surface area contributed by atoms with Crippen LogP contribution in [0.25, 0.3) is 0 Å². The minimum atomic E-state index is -1.01. The highest BCUT2D eigenvalue weighted by Gasteiger charge is 2.47. The zero-order valence-corrected chi connectivity index (χ0v) is 19.7. The van der Waals surface area contributed by atoms with Crippen LogP contribution < -0.4 is 0 Å². The molecule has 1 amide bonds. The lowest BCUT2D eigenvalue weighted by Crippen LogP contribution is -2.62. The predicted molar refractivity (Wildman–Crippen MR) is 123 cm³/mol. The van der Waals surface area contributed by atoms with E-state index in [1.807, 2.05) is 26.8 Å². The maximum atomic E-state index is 13.6. The number of oxime groups is 1. The van der Waals surface area contributed by atoms with E-state index in [4.69, 9.17) is 4.74 Å². The molecule has 1 spiro atoms. The number of carbonyl (C=O) groups is 1. The van der Waals surface area contributed by atoms with Crippen molar-refractivity contribution >= 4 is 11.8 Å². The summed E-state index contributed by atoms with van der Waals surface area (Å²) in [6.07, 6.45) is 3.52. The molecule has 2 saturated heterocycles. The Morgan fingerprint density at radius 3 is 2.41 bits per heavy atom. The van der Waals surface area contributed by atoms with Crippen molar-refractivity contribution in [2.45, 2.75) is 45.8 Å². The predicted octanol–water partition coefficient (Wildman–Crippen LogP) is 4.42. The Kier molecular flexibility index (Phi) is 6.58. The van der Waals surface area contributed by atoms with Crippen LogP contribution in [0.5, 0.6) is 0 Å². The van der Waals surface area contributed by atoms with Crippen LogP contribution in [-0.2, 0) is 11.3 Å². The van der Waals surface area contributed by atoms with Crippen LogP contribution in [0.1, 0.15) is 50.4 Å². The van der Waals surface area contributed by atoms with E-state index in [1.165, 1.54) is 6.07 Å². The van der Waals surface area contributed by atoms with Gasteiger partial charge in [-0.1, -0.05) is 11.2 Å². The average molecular weight is 473 g/mol. The van der Waals surface area contributed by atoms with E-state index in [0.717, 1.165) is 63.3 Å². The first-order valence-electron chi connectivity index (χ1n) is 11.4. The largest absolute Gasteiger partial charge is 0.444 e. The third kappa shape index (κ3) is 5.35. The van der Waals surface area contributed by atoms with E-state index in [1.54, 1.807) is 17.2 Å². The van der Waals surface area contributed by atoms with E-state index in [0.29, 0.717) is 5.69 Å². The quantitative estimate of drug-likeness (QED) is 0.405. The second kappa shape index (κ2) is 9.29. The molecule has 0 atom stereocenters. The summed E-state index contributed by atoms with van der Waals surface area (Å²) < 4.78 is 32.2. The molecule has 1 N–H and O–H groups in total. The van der Waals surface area contributed by atoms with Gasteiger partial charge in [-0.3, -0.25) is 9.88 Å². The van der Waals surface area contributed by atoms with Crippen molar-refractivity contribution in [3.8, 4) is 0 Å². The van der Waals surface area contributed by atoms with Crippen molar-refractivity contribution in [3.63, 3.8) is 0 Å². The molecule has 9 heteroatoms. The summed E-state index contributed by atoms with van der Waals surface area (Å²) in [4.78, 5) is 20.7. The maximum absolute atomic E-state index is 13.6. The summed E-state index contributed by atoms with van der Waals surface area (Å²) in [7, 11) is 0. The first kappa shape index (κ1) is 24.1. The van der Waals surface area contributed by atoms with Gasteiger partial charge in [-0.05, 0) is 76.5 Å². The molecule has 0 radical (unpaired) electrons. The number of carbonyl (C=O) groups excluding carboxylic acids is 1. The third-order valence-corrected chi connectivity index (χ3v) is 6.39. The molecular weight excluding hydrogens is 442 g/mol. The Morgan fingerprint density at radius 1 is 1.15 bits per heavy atom. The fraction of sp³-hybridized carbons (Fsp3) is 0.480. The molecule has 4 rings (SSSR count). The lowest BCUT2D eigenvalue weighted by molar-refractivity contribution is -0.0601. The summed E-state index contributed by atoms with van der Waals surface area (Å²) in [6, 6.07) is 6.92. The van der Waals surface area contributed by atoms with Gasteiger partial charge in [-0.2, -0.15) is 0 Å². The van der Waals surface area contributed by atoms with Gasteiger partial charge < -0.3 is 14.8 Å². The highest BCUT2D eigenvalue weighted by Crippen LogP contribution is 2.41. The first-order chi connectivity index (χ1) is 16.1. The molecule has 1 aromatic heterocycles. The molecular formula is C25H30F2N4O3. The van der Waals surface area contributed by atoms with Crippen LogP contribution in [0.15, 0.2) is 41.7 Å². The van der Waals surface area contributed by atoms with Crippen LogP contribution in [0.4, 0.5) is 13.6 Å². The number of benzene rings is 1. The second-order valence-corrected chi connectivity index (χ2v) is 10.2. The van der Waals surface area contributed by atoms with Gasteiger partial charge >= 0.3 is 6.09 Å². The molecule has 0 bridgehead atoms. The highest BCUT2D eigenvalue weighted by molar-refractivity contribution is 6.11. The van der Waals surface area contributed by atoms with Crippen molar-refractivity contribution in [3.05, 3.63) is 65.0 Å². The lowest BCUT2D eigenvalue weighted by Gasteiger charge is -2.53. The smallest absolute Gasteiger partial charge is 0.410 e. The molecule has 0 saturated carbocycles. The van der Waals surface area contributed by atoms with Crippen molar-refractivity contribution in [2.75, 3.05) is 26.2 Å². The Morgan fingerprint density at radius 2 is 1.85 bits per heavy atom. The fourth-order valence-corrected chi connectivity index (χ4v) is 4.54. The van der Waals surface area contributed by atoms with Gasteiger partial charge in [-0.25, -0.2) is 13.6 Å². The molecule has 2 aliphatic rings. The minimum absolute atomic E-state index is 0.0740. The van der Waals surface area contributed by atoms with E-state index >= 15 is 0 Å². The Hall–Kier alpha value is -3.07. The van der Waals surface area contributed by atoms with Crippen LogP contribution in [0, 0.1) is 17.0 Å². The number of rotatable bonds is 4. The van der Waals surface area contributed by atoms with Crippen molar-refractivity contribution in [2.24, 2.45) is 10.6 Å². The summed E-state index contributed by atoms with van der Waals surface area (Å²) in [5, 5.41) is 12.6. The summed E-state index contributed by atoms with van der Waals surface area (Å²) >= 11 is 0. The molecule has 3 heterocycles. The average Bonchev–Trinajstić information content (AvgIpc) is 2.76. The normalized spacial score (nSPS) is 18.6. The number of amides is 1. The van der Waals surface area contributed by atoms with Crippen LogP contribution in [-0.4, -0.2) is 63.6 Å². The molecule has 0 unspecified atom stereocenters. The number of hydrogen-bond donors (Lipinski definition) is 1. The SMILES string of the molecule is CC(C)(C)OC(=O)N1CC2(CCN(Cc3ccc(/C(=N/O)c4ccc(F)c(F)c4)nc3)CC2)C1. The molecule has 0 aliphatic carbocycles. The number of halogens is 2. The van der Waals surface area contributed by atoms with Crippen molar-refractivity contribution < 1.29 is 23.5 Å². The molecule has 2 aromatic rings. The van der Waals surface area contributed by atoms with Crippen LogP contribution >= 0.6 is 0 Å². The van der Waals surface area contributed by atoms with E-state index in [2.05, 4.69) is 15.0 Å². The van der Waals surface area contributed by atoms with E-state index in [-0.39, 0.29) is 22.8 Å². The number of aromatic nitrogens is 1. The molecule has 182 valence electrons. The van der Waals surface area contributed by atoms with Gasteiger partial charge in [0.15, 0.2) is 11.6 Å². The number of piperidine rings is 1. The summed E-state index contributed by atoms with van der Waals surface area (Å²) in [6.45, 7) is 9.72. The zero-order chi connectivity index (χ0) is 24.5. The summed E-state index contributed by atoms with van der Waals surface area (Å²) in [5.74, 6) is -1.98. The fourth-order valence-electron chi connectivity index (χ4n) is 4.54. The molecule has 2 aliphatic heterocycles. The molecule has 7 nitrogen and oxygen atoms in total. The van der Waals surface area contributed by atoms with Gasteiger partial charge in [0.05, 0.1) is 5.69 Å². The van der Waals surface area contributed by atoms with E-state index < -0.39 is 17.2 Å². The number of hydrogen-bond acceptors (Lipinski definition) is 6. The lowest BCUT2D eigenvalue weighted by atomic mass is 9.72. The standard InChI is InChI=1S/C25H30F2N4O3/c1-24(2,3)34-23(32)31-15-25(16-31)8-10-30(11-9-25)14-17-4-7-21(28-13-17)22(29-33)18-5-6-19(26)20(27)12-18/h4-7,12-13,33H,8-11,14-16H2,1-3H3/b29-22+. The van der Waals surface area contributed by atoms with Gasteiger partial charge in [0, 0.05) is 36.8 Å². The number of pyridine rings is 1. The molecule has 2 fully saturated rings. The van der Waals surface area contributed by atoms with Gasteiger partial charge in [0.2, 0.25) is 0 Å². The number of ether oxygens (including phenoxy) is 1. The van der Waals surface area contributed by atoms with Crippen molar-refractivity contribution in [1.29, 1.82) is 0 Å². The molecule has 1 aromatic carbocycles. The van der Waals surface area contributed by atoms with Gasteiger partial charge in [0.1, 0.15) is 11.3 Å². The van der Waals surface area contributed by atoms with Crippen LogP contribution in [0.3, 0.4) is 0 Å². The Balaban J connectivity index is 1.30. The van der Waals surface area contributed by atoms with Crippen molar-refractivity contribution in [1.82, 2.24) is 14.8 Å². The second-order valence-electron chi connectivity index (χ2n) is 10.2. The topological polar surface area (TPSA) is 78.3 Å². The Labute approximate surface area is 198 Å².